The largest absolute Gasteiger partial charge is 0.395 e. The van der Waals surface area contributed by atoms with Crippen LogP contribution in [0.4, 0.5) is 0 Å². The molecule has 0 aliphatic heterocycles. The lowest BCUT2D eigenvalue weighted by Crippen LogP contribution is -2.33. The van der Waals surface area contributed by atoms with Crippen LogP contribution in [0.15, 0.2) is 12.7 Å². The molecule has 0 saturated carbocycles. The third-order valence-corrected chi connectivity index (χ3v) is 2.57. The van der Waals surface area contributed by atoms with Crippen LogP contribution in [0.2, 0.25) is 0 Å². The van der Waals surface area contributed by atoms with Crippen molar-refractivity contribution in [3.05, 3.63) is 12.7 Å². The van der Waals surface area contributed by atoms with Crippen LogP contribution in [0.25, 0.3) is 0 Å². The van der Waals surface area contributed by atoms with Crippen LogP contribution < -0.4 is 0 Å². The molecule has 0 unspecified atom stereocenters. The van der Waals surface area contributed by atoms with Crippen LogP contribution in [0.1, 0.15) is 45.4 Å². The van der Waals surface area contributed by atoms with Gasteiger partial charge in [0.2, 0.25) is 5.91 Å². The summed E-state index contributed by atoms with van der Waals surface area (Å²) in [4.78, 5) is 13.4. The minimum Gasteiger partial charge on any atom is -0.395 e. The molecule has 1 N–H and O–H groups in total. The standard InChI is InChI=1S/C13H25NO2/c1-3-5-6-7-8-9-13(16)14(10-4-2)11-12-15/h4,15H,2-3,5-12H2,1H3. The van der Waals surface area contributed by atoms with Gasteiger partial charge in [0, 0.05) is 19.5 Å². The molecule has 0 saturated heterocycles. The summed E-state index contributed by atoms with van der Waals surface area (Å²) in [5.74, 6) is 0.130. The summed E-state index contributed by atoms with van der Waals surface area (Å²) in [5, 5.41) is 8.83. The van der Waals surface area contributed by atoms with Crippen molar-refractivity contribution in [3.63, 3.8) is 0 Å². The number of hydrogen-bond acceptors (Lipinski definition) is 2. The zero-order valence-corrected chi connectivity index (χ0v) is 10.5. The zero-order chi connectivity index (χ0) is 12.2. The molecule has 1 amide bonds. The predicted molar refractivity (Wildman–Crippen MR) is 67.2 cm³/mol. The number of amides is 1. The second kappa shape index (κ2) is 10.7. The van der Waals surface area contributed by atoms with Crippen LogP contribution in [0.3, 0.4) is 0 Å². The maximum atomic E-state index is 11.7. The first-order chi connectivity index (χ1) is 7.76. The first-order valence-electron chi connectivity index (χ1n) is 6.25. The monoisotopic (exact) mass is 227 g/mol. The molecule has 0 aromatic heterocycles. The van der Waals surface area contributed by atoms with Crippen LogP contribution in [0, 0.1) is 0 Å². The fraction of sp³-hybridized carbons (Fsp3) is 0.769. The lowest BCUT2D eigenvalue weighted by molar-refractivity contribution is -0.131. The lowest BCUT2D eigenvalue weighted by atomic mass is 10.1. The zero-order valence-electron chi connectivity index (χ0n) is 10.5. The average molecular weight is 227 g/mol. The summed E-state index contributed by atoms with van der Waals surface area (Å²) in [6.07, 6.45) is 8.06. The van der Waals surface area contributed by atoms with Gasteiger partial charge in [-0.2, -0.15) is 0 Å². The molecule has 0 rings (SSSR count). The minimum atomic E-state index is 0.0232. The summed E-state index contributed by atoms with van der Waals surface area (Å²) in [7, 11) is 0. The highest BCUT2D eigenvalue weighted by Gasteiger charge is 2.10. The Morgan fingerprint density at radius 1 is 1.31 bits per heavy atom. The summed E-state index contributed by atoms with van der Waals surface area (Å²) in [6.45, 7) is 6.76. The van der Waals surface area contributed by atoms with Gasteiger partial charge in [0.15, 0.2) is 0 Å². The van der Waals surface area contributed by atoms with Crippen LogP contribution in [-0.4, -0.2) is 35.6 Å². The summed E-state index contributed by atoms with van der Waals surface area (Å²) in [6, 6.07) is 0. The van der Waals surface area contributed by atoms with Gasteiger partial charge < -0.3 is 10.0 Å². The Labute approximate surface area is 99.1 Å². The van der Waals surface area contributed by atoms with E-state index in [-0.39, 0.29) is 12.5 Å². The number of aliphatic hydroxyl groups is 1. The number of unbranched alkanes of at least 4 members (excludes halogenated alkanes) is 4. The maximum Gasteiger partial charge on any atom is 0.222 e. The second-order valence-electron chi connectivity index (χ2n) is 4.02. The van der Waals surface area contributed by atoms with Crippen molar-refractivity contribution in [2.24, 2.45) is 0 Å². The molecule has 0 bridgehead atoms. The van der Waals surface area contributed by atoms with E-state index in [4.69, 9.17) is 5.11 Å². The molecule has 0 heterocycles. The molecule has 0 fully saturated rings. The first kappa shape index (κ1) is 15.2. The molecule has 3 nitrogen and oxygen atoms in total. The van der Waals surface area contributed by atoms with Gasteiger partial charge in [0.1, 0.15) is 0 Å². The average Bonchev–Trinajstić information content (AvgIpc) is 2.28. The van der Waals surface area contributed by atoms with Gasteiger partial charge in [-0.1, -0.05) is 38.7 Å². The third kappa shape index (κ3) is 7.46. The molecule has 0 spiro atoms. The SMILES string of the molecule is C=CCN(CCO)C(=O)CCCCCCC. The van der Waals surface area contributed by atoms with E-state index in [9.17, 15) is 4.79 Å². The molecular weight excluding hydrogens is 202 g/mol. The number of rotatable bonds is 10. The molecule has 0 aliphatic rings. The van der Waals surface area contributed by atoms with Crippen LogP contribution >= 0.6 is 0 Å². The van der Waals surface area contributed by atoms with E-state index in [2.05, 4.69) is 13.5 Å². The van der Waals surface area contributed by atoms with E-state index in [1.807, 2.05) is 0 Å². The van der Waals surface area contributed by atoms with Crippen molar-refractivity contribution < 1.29 is 9.90 Å². The Hall–Kier alpha value is -0.830. The maximum absolute atomic E-state index is 11.7. The molecule has 94 valence electrons. The fourth-order valence-electron chi connectivity index (χ4n) is 1.63. The Morgan fingerprint density at radius 2 is 2.00 bits per heavy atom. The quantitative estimate of drug-likeness (QED) is 0.460. The molecular formula is C13H25NO2. The topological polar surface area (TPSA) is 40.5 Å². The van der Waals surface area contributed by atoms with E-state index in [1.54, 1.807) is 11.0 Å². The Morgan fingerprint density at radius 3 is 2.56 bits per heavy atom. The van der Waals surface area contributed by atoms with Gasteiger partial charge in [0.05, 0.1) is 6.61 Å². The molecule has 0 aromatic carbocycles. The van der Waals surface area contributed by atoms with Gasteiger partial charge in [-0.15, -0.1) is 6.58 Å². The number of nitrogens with zero attached hydrogens (tertiary/aromatic N) is 1. The van der Waals surface area contributed by atoms with Crippen molar-refractivity contribution in [1.29, 1.82) is 0 Å². The van der Waals surface area contributed by atoms with Gasteiger partial charge >= 0.3 is 0 Å². The Kier molecular flexibility index (Phi) is 10.1. The molecule has 0 aliphatic carbocycles. The van der Waals surface area contributed by atoms with E-state index < -0.39 is 0 Å². The van der Waals surface area contributed by atoms with Crippen molar-refractivity contribution in [2.45, 2.75) is 45.4 Å². The highest BCUT2D eigenvalue weighted by Crippen LogP contribution is 2.06. The van der Waals surface area contributed by atoms with Gasteiger partial charge in [-0.25, -0.2) is 0 Å². The lowest BCUT2D eigenvalue weighted by Gasteiger charge is -2.19. The highest BCUT2D eigenvalue weighted by molar-refractivity contribution is 5.76. The molecule has 0 aromatic rings. The normalized spacial score (nSPS) is 10.1. The van der Waals surface area contributed by atoms with E-state index in [1.165, 1.54) is 19.3 Å². The highest BCUT2D eigenvalue weighted by atomic mass is 16.3. The van der Waals surface area contributed by atoms with Gasteiger partial charge in [-0.05, 0) is 6.42 Å². The van der Waals surface area contributed by atoms with E-state index >= 15 is 0 Å². The number of carbonyl (C=O) groups is 1. The number of hydrogen-bond donors (Lipinski definition) is 1. The summed E-state index contributed by atoms with van der Waals surface area (Å²) >= 11 is 0. The third-order valence-electron chi connectivity index (χ3n) is 2.57. The minimum absolute atomic E-state index is 0.0232. The van der Waals surface area contributed by atoms with Crippen molar-refractivity contribution in [2.75, 3.05) is 19.7 Å². The van der Waals surface area contributed by atoms with Gasteiger partial charge in [-0.3, -0.25) is 4.79 Å². The first-order valence-corrected chi connectivity index (χ1v) is 6.25. The summed E-state index contributed by atoms with van der Waals surface area (Å²) in [5.41, 5.74) is 0. The summed E-state index contributed by atoms with van der Waals surface area (Å²) < 4.78 is 0. The molecule has 3 heteroatoms. The van der Waals surface area contributed by atoms with Gasteiger partial charge in [0.25, 0.3) is 0 Å². The van der Waals surface area contributed by atoms with Crippen molar-refractivity contribution in [3.8, 4) is 0 Å². The Bertz CT molecular complexity index is 192. The predicted octanol–water partition coefficient (Wildman–Crippen LogP) is 2.35. The van der Waals surface area contributed by atoms with Crippen LogP contribution in [0.5, 0.6) is 0 Å². The number of aliphatic hydroxyl groups excluding tert-OH is 1. The number of carbonyl (C=O) groups excluding carboxylic acids is 1. The van der Waals surface area contributed by atoms with Crippen molar-refractivity contribution in [1.82, 2.24) is 4.90 Å². The van der Waals surface area contributed by atoms with Crippen LogP contribution in [-0.2, 0) is 4.79 Å². The molecule has 16 heavy (non-hydrogen) atoms. The fourth-order valence-corrected chi connectivity index (χ4v) is 1.63. The van der Waals surface area contributed by atoms with E-state index in [0.717, 1.165) is 12.8 Å². The molecule has 0 atom stereocenters. The van der Waals surface area contributed by atoms with Crippen molar-refractivity contribution >= 4 is 5.91 Å². The second-order valence-corrected chi connectivity index (χ2v) is 4.02. The smallest absolute Gasteiger partial charge is 0.222 e. The molecule has 0 radical (unpaired) electrons. The Balaban J connectivity index is 3.69. The van der Waals surface area contributed by atoms with E-state index in [0.29, 0.717) is 19.5 Å².